The number of hydrogen-bond donors (Lipinski definition) is 1. The van der Waals surface area contributed by atoms with Crippen LogP contribution in [0.2, 0.25) is 0 Å². The van der Waals surface area contributed by atoms with E-state index >= 15 is 0 Å². The van der Waals surface area contributed by atoms with Gasteiger partial charge in [0.1, 0.15) is 6.33 Å². The highest BCUT2D eigenvalue weighted by Crippen LogP contribution is 2.15. The number of aromatic amines is 1. The summed E-state index contributed by atoms with van der Waals surface area (Å²) in [4.78, 5) is 18.3. The number of carbonyl (C=O) groups is 1. The summed E-state index contributed by atoms with van der Waals surface area (Å²) in [6.45, 7) is 0. The molecule has 0 saturated carbocycles. The first kappa shape index (κ1) is 7.60. The minimum Gasteiger partial charge on any atom is -0.298 e. The van der Waals surface area contributed by atoms with Crippen molar-refractivity contribution in [2.24, 2.45) is 0 Å². The normalized spacial score (nSPS) is 9.85. The maximum atomic E-state index is 10.6. The number of rotatable bonds is 2. The first-order valence-corrected chi connectivity index (χ1v) is 3.67. The van der Waals surface area contributed by atoms with E-state index in [0.29, 0.717) is 17.0 Å². The first-order valence-electron chi connectivity index (χ1n) is 3.67. The molecular formula is C8H6N4O. The van der Waals surface area contributed by atoms with Gasteiger partial charge in [0, 0.05) is 6.20 Å². The minimum atomic E-state index is 0.499. The van der Waals surface area contributed by atoms with Gasteiger partial charge >= 0.3 is 0 Å². The van der Waals surface area contributed by atoms with Crippen molar-refractivity contribution in [3.05, 3.63) is 30.4 Å². The zero-order chi connectivity index (χ0) is 9.10. The van der Waals surface area contributed by atoms with Gasteiger partial charge in [-0.3, -0.25) is 9.89 Å². The minimum absolute atomic E-state index is 0.499. The highest BCUT2D eigenvalue weighted by Gasteiger charge is 2.06. The average molecular weight is 174 g/mol. The van der Waals surface area contributed by atoms with Crippen molar-refractivity contribution in [1.29, 1.82) is 0 Å². The summed E-state index contributed by atoms with van der Waals surface area (Å²) in [5.41, 5.74) is 1.78. The number of nitrogens with zero attached hydrogens (tertiary/aromatic N) is 3. The molecule has 0 aliphatic carbocycles. The van der Waals surface area contributed by atoms with Crippen LogP contribution in [0, 0.1) is 0 Å². The summed E-state index contributed by atoms with van der Waals surface area (Å²) < 4.78 is 0. The lowest BCUT2D eigenvalue weighted by Crippen LogP contribution is -1.87. The van der Waals surface area contributed by atoms with E-state index in [4.69, 9.17) is 0 Å². The summed E-state index contributed by atoms with van der Waals surface area (Å²) in [6, 6.07) is 1.71. The van der Waals surface area contributed by atoms with Crippen LogP contribution in [0.1, 0.15) is 10.4 Å². The topological polar surface area (TPSA) is 71.5 Å². The third kappa shape index (κ3) is 1.31. The Morgan fingerprint density at radius 1 is 1.46 bits per heavy atom. The molecule has 0 bridgehead atoms. The standard InChI is InChI=1S/C8H6N4O/c13-4-6-3-11-12-8(6)7-1-2-9-5-10-7/h1-5H,(H,11,12). The molecule has 0 amide bonds. The Balaban J connectivity index is 2.52. The Morgan fingerprint density at radius 3 is 3.08 bits per heavy atom. The van der Waals surface area contributed by atoms with Gasteiger partial charge in [-0.2, -0.15) is 5.10 Å². The van der Waals surface area contributed by atoms with Crippen LogP contribution >= 0.6 is 0 Å². The number of carbonyl (C=O) groups excluding carboxylic acids is 1. The SMILES string of the molecule is O=Cc1cn[nH]c1-c1ccncn1. The Bertz CT molecular complexity index is 409. The highest BCUT2D eigenvalue weighted by atomic mass is 16.1. The number of aromatic nitrogens is 4. The van der Waals surface area contributed by atoms with Crippen LogP contribution in [-0.2, 0) is 0 Å². The summed E-state index contributed by atoms with van der Waals surface area (Å²) in [6.07, 6.45) is 5.23. The lowest BCUT2D eigenvalue weighted by atomic mass is 10.2. The molecule has 2 rings (SSSR count). The second-order valence-corrected chi connectivity index (χ2v) is 2.41. The zero-order valence-electron chi connectivity index (χ0n) is 6.64. The van der Waals surface area contributed by atoms with E-state index < -0.39 is 0 Å². The molecule has 64 valence electrons. The van der Waals surface area contributed by atoms with Crippen LogP contribution in [0.4, 0.5) is 0 Å². The molecule has 2 heterocycles. The van der Waals surface area contributed by atoms with Crippen molar-refractivity contribution in [3.63, 3.8) is 0 Å². The van der Waals surface area contributed by atoms with Crippen molar-refractivity contribution in [3.8, 4) is 11.4 Å². The molecule has 0 aliphatic heterocycles. The Morgan fingerprint density at radius 2 is 2.38 bits per heavy atom. The van der Waals surface area contributed by atoms with E-state index in [9.17, 15) is 4.79 Å². The van der Waals surface area contributed by atoms with Gasteiger partial charge in [0.05, 0.1) is 23.1 Å². The van der Waals surface area contributed by atoms with Gasteiger partial charge in [0.2, 0.25) is 0 Å². The number of hydrogen-bond acceptors (Lipinski definition) is 4. The molecular weight excluding hydrogens is 168 g/mol. The van der Waals surface area contributed by atoms with E-state index in [1.807, 2.05) is 0 Å². The van der Waals surface area contributed by atoms with E-state index in [2.05, 4.69) is 20.2 Å². The van der Waals surface area contributed by atoms with Crippen LogP contribution in [0.3, 0.4) is 0 Å². The van der Waals surface area contributed by atoms with Gasteiger partial charge < -0.3 is 0 Å². The molecule has 0 fully saturated rings. The van der Waals surface area contributed by atoms with Gasteiger partial charge in [-0.25, -0.2) is 9.97 Å². The smallest absolute Gasteiger partial charge is 0.153 e. The van der Waals surface area contributed by atoms with Crippen molar-refractivity contribution in [2.45, 2.75) is 0 Å². The summed E-state index contributed by atoms with van der Waals surface area (Å²) >= 11 is 0. The molecule has 2 aromatic rings. The average Bonchev–Trinajstić information content (AvgIpc) is 2.67. The molecule has 5 nitrogen and oxygen atoms in total. The summed E-state index contributed by atoms with van der Waals surface area (Å²) in [5.74, 6) is 0. The quantitative estimate of drug-likeness (QED) is 0.679. The van der Waals surface area contributed by atoms with Crippen molar-refractivity contribution < 1.29 is 4.79 Å². The van der Waals surface area contributed by atoms with Crippen LogP contribution < -0.4 is 0 Å². The van der Waals surface area contributed by atoms with Gasteiger partial charge in [-0.05, 0) is 6.07 Å². The van der Waals surface area contributed by atoms with Crippen LogP contribution in [0.5, 0.6) is 0 Å². The number of H-pyrrole nitrogens is 1. The van der Waals surface area contributed by atoms with E-state index in [0.717, 1.165) is 6.29 Å². The second kappa shape index (κ2) is 3.14. The zero-order valence-corrected chi connectivity index (χ0v) is 6.64. The molecule has 0 unspecified atom stereocenters. The summed E-state index contributed by atoms with van der Waals surface area (Å²) in [5, 5.41) is 6.45. The van der Waals surface area contributed by atoms with Crippen LogP contribution in [0.25, 0.3) is 11.4 Å². The first-order chi connectivity index (χ1) is 6.42. The van der Waals surface area contributed by atoms with E-state index in [-0.39, 0.29) is 0 Å². The molecule has 0 saturated heterocycles. The van der Waals surface area contributed by atoms with Gasteiger partial charge in [0.15, 0.2) is 6.29 Å². The van der Waals surface area contributed by atoms with Gasteiger partial charge in [-0.1, -0.05) is 0 Å². The van der Waals surface area contributed by atoms with Gasteiger partial charge in [-0.15, -0.1) is 0 Å². The number of aldehydes is 1. The Kier molecular flexibility index (Phi) is 1.84. The van der Waals surface area contributed by atoms with Gasteiger partial charge in [0.25, 0.3) is 0 Å². The molecule has 5 heteroatoms. The predicted octanol–water partition coefficient (Wildman–Crippen LogP) is 0.679. The maximum absolute atomic E-state index is 10.6. The van der Waals surface area contributed by atoms with E-state index in [1.54, 1.807) is 12.3 Å². The monoisotopic (exact) mass is 174 g/mol. The van der Waals surface area contributed by atoms with Crippen LogP contribution in [0.15, 0.2) is 24.8 Å². The lowest BCUT2D eigenvalue weighted by Gasteiger charge is -1.94. The van der Waals surface area contributed by atoms with Crippen LogP contribution in [-0.4, -0.2) is 26.5 Å². The molecule has 1 N–H and O–H groups in total. The number of nitrogens with one attached hydrogen (secondary N) is 1. The molecule has 2 aromatic heterocycles. The fourth-order valence-electron chi connectivity index (χ4n) is 1.03. The molecule has 0 radical (unpaired) electrons. The molecule has 0 aliphatic rings. The Labute approximate surface area is 73.9 Å². The third-order valence-electron chi connectivity index (χ3n) is 1.63. The maximum Gasteiger partial charge on any atom is 0.153 e. The largest absolute Gasteiger partial charge is 0.298 e. The lowest BCUT2D eigenvalue weighted by molar-refractivity contribution is 0.112. The fourth-order valence-corrected chi connectivity index (χ4v) is 1.03. The van der Waals surface area contributed by atoms with Crippen molar-refractivity contribution >= 4 is 6.29 Å². The second-order valence-electron chi connectivity index (χ2n) is 2.41. The molecule has 0 atom stereocenters. The third-order valence-corrected chi connectivity index (χ3v) is 1.63. The molecule has 13 heavy (non-hydrogen) atoms. The molecule has 0 spiro atoms. The summed E-state index contributed by atoms with van der Waals surface area (Å²) in [7, 11) is 0. The fraction of sp³-hybridized carbons (Fsp3) is 0. The van der Waals surface area contributed by atoms with Crippen molar-refractivity contribution in [2.75, 3.05) is 0 Å². The predicted molar refractivity (Wildman–Crippen MR) is 45.0 cm³/mol. The Hall–Kier alpha value is -2.04. The molecule has 0 aromatic carbocycles. The van der Waals surface area contributed by atoms with Crippen molar-refractivity contribution in [1.82, 2.24) is 20.2 Å². The highest BCUT2D eigenvalue weighted by molar-refractivity contribution is 5.84. The van der Waals surface area contributed by atoms with E-state index in [1.165, 1.54) is 12.5 Å².